The number of rotatable bonds is 4. The second-order valence-corrected chi connectivity index (χ2v) is 3.20. The van der Waals surface area contributed by atoms with E-state index in [-0.39, 0.29) is 17.6 Å². The molecule has 0 saturated heterocycles. The van der Waals surface area contributed by atoms with E-state index in [1.54, 1.807) is 0 Å². The van der Waals surface area contributed by atoms with Crippen LogP contribution in [0.1, 0.15) is 19.8 Å². The Labute approximate surface area is 81.9 Å². The summed E-state index contributed by atoms with van der Waals surface area (Å²) in [5.74, 6) is 0. The molecule has 0 saturated carbocycles. The first-order valence-electron chi connectivity index (χ1n) is 3.92. The molecule has 0 bridgehead atoms. The van der Waals surface area contributed by atoms with Crippen molar-refractivity contribution < 1.29 is 0 Å². The third kappa shape index (κ3) is 5.70. The van der Waals surface area contributed by atoms with Crippen LogP contribution in [0.2, 0.25) is 0 Å². The topological polar surface area (TPSA) is 6.48 Å². The summed E-state index contributed by atoms with van der Waals surface area (Å²) in [4.78, 5) is 4.51. The van der Waals surface area contributed by atoms with Crippen molar-refractivity contribution in [2.75, 3.05) is 28.2 Å². The molecular formula is C8H24GeN2. The molecule has 70 valence electrons. The molecule has 3 heteroatoms. The molecule has 11 heavy (non-hydrogen) atoms. The summed E-state index contributed by atoms with van der Waals surface area (Å²) in [5.41, 5.74) is 0. The van der Waals surface area contributed by atoms with Gasteiger partial charge >= 0.3 is 17.6 Å². The van der Waals surface area contributed by atoms with E-state index in [1.807, 2.05) is 0 Å². The van der Waals surface area contributed by atoms with Crippen molar-refractivity contribution in [3.63, 3.8) is 0 Å². The fraction of sp³-hybridized carbons (Fsp3) is 1.00. The van der Waals surface area contributed by atoms with Crippen molar-refractivity contribution >= 4 is 17.6 Å². The Bertz CT molecular complexity index is 76.2. The molecule has 0 heterocycles. The zero-order valence-corrected chi connectivity index (χ0v) is 7.89. The van der Waals surface area contributed by atoms with Crippen molar-refractivity contribution in [1.29, 1.82) is 0 Å². The minimum absolute atomic E-state index is 0. The number of hydrogen-bond donors (Lipinski definition) is 0. The Kier molecular flexibility index (Phi) is 9.08. The van der Waals surface area contributed by atoms with Crippen LogP contribution in [0.3, 0.4) is 0 Å². The predicted molar refractivity (Wildman–Crippen MR) is 57.4 cm³/mol. The van der Waals surface area contributed by atoms with Crippen LogP contribution < -0.4 is 0 Å². The van der Waals surface area contributed by atoms with Gasteiger partial charge in [0.15, 0.2) is 0 Å². The zero-order chi connectivity index (χ0) is 8.15. The van der Waals surface area contributed by atoms with E-state index in [2.05, 4.69) is 44.9 Å². The second kappa shape index (κ2) is 7.13. The van der Waals surface area contributed by atoms with Crippen LogP contribution in [0.4, 0.5) is 0 Å². The van der Waals surface area contributed by atoms with Crippen molar-refractivity contribution in [1.82, 2.24) is 9.80 Å². The quantitative estimate of drug-likeness (QED) is 0.478. The van der Waals surface area contributed by atoms with Gasteiger partial charge in [-0.05, 0) is 34.6 Å². The number of hydrogen-bond acceptors (Lipinski definition) is 2. The molecule has 0 unspecified atom stereocenters. The molecule has 0 radical (unpaired) electrons. The fourth-order valence-electron chi connectivity index (χ4n) is 1.24. The summed E-state index contributed by atoms with van der Waals surface area (Å²) in [6.07, 6.45) is 3.10. The van der Waals surface area contributed by atoms with Gasteiger partial charge in [-0.3, -0.25) is 9.80 Å². The van der Waals surface area contributed by atoms with E-state index < -0.39 is 0 Å². The number of nitrogens with zero attached hydrogens (tertiary/aromatic N) is 2. The molecule has 0 fully saturated rings. The van der Waals surface area contributed by atoms with E-state index >= 15 is 0 Å². The fourth-order valence-corrected chi connectivity index (χ4v) is 1.24. The van der Waals surface area contributed by atoms with E-state index in [0.717, 1.165) is 0 Å². The van der Waals surface area contributed by atoms with Crippen LogP contribution in [-0.2, 0) is 0 Å². The molecule has 0 aromatic rings. The molecule has 0 aliphatic rings. The molecule has 2 nitrogen and oxygen atoms in total. The Balaban J connectivity index is 0. The summed E-state index contributed by atoms with van der Waals surface area (Å²) in [5, 5.41) is 0. The molecule has 0 atom stereocenters. The maximum atomic E-state index is 2.25. The predicted octanol–water partition coefficient (Wildman–Crippen LogP) is -0.216. The van der Waals surface area contributed by atoms with Gasteiger partial charge in [-0.25, -0.2) is 0 Å². The standard InChI is InChI=1S/C8H20N2.GeH4/c1-6-7-8(9(2)3)10(4)5;/h8H,6-7H2,1-5H3;1H4. The van der Waals surface area contributed by atoms with Gasteiger partial charge in [-0.2, -0.15) is 0 Å². The molecule has 0 aliphatic carbocycles. The Morgan fingerprint density at radius 2 is 1.36 bits per heavy atom. The molecule has 0 spiro atoms. The first-order valence-corrected chi connectivity index (χ1v) is 3.92. The summed E-state index contributed by atoms with van der Waals surface area (Å²) < 4.78 is 0. The summed E-state index contributed by atoms with van der Waals surface area (Å²) in [6.45, 7) is 2.22. The summed E-state index contributed by atoms with van der Waals surface area (Å²) in [7, 11) is 8.50. The third-order valence-corrected chi connectivity index (χ3v) is 1.74. The SMILES string of the molecule is CCCC(N(C)C)N(C)C.[GeH4]. The van der Waals surface area contributed by atoms with Crippen LogP contribution in [0, 0.1) is 0 Å². The Morgan fingerprint density at radius 3 is 1.45 bits per heavy atom. The molecule has 0 aromatic heterocycles. The molecule has 0 rings (SSSR count). The summed E-state index contributed by atoms with van der Waals surface area (Å²) >= 11 is 0. The van der Waals surface area contributed by atoms with Crippen LogP contribution in [0.25, 0.3) is 0 Å². The first-order chi connectivity index (χ1) is 4.59. The monoisotopic (exact) mass is 222 g/mol. The Morgan fingerprint density at radius 1 is 1.00 bits per heavy atom. The van der Waals surface area contributed by atoms with Gasteiger partial charge in [0.1, 0.15) is 0 Å². The molecule has 0 N–H and O–H groups in total. The average molecular weight is 221 g/mol. The van der Waals surface area contributed by atoms with Crippen molar-refractivity contribution in [3.05, 3.63) is 0 Å². The van der Waals surface area contributed by atoms with Gasteiger partial charge in [0.2, 0.25) is 0 Å². The van der Waals surface area contributed by atoms with E-state index in [9.17, 15) is 0 Å². The van der Waals surface area contributed by atoms with Crippen LogP contribution in [-0.4, -0.2) is 61.8 Å². The Hall–Kier alpha value is 0.463. The van der Waals surface area contributed by atoms with Gasteiger partial charge in [0.05, 0.1) is 6.17 Å². The minimum atomic E-state index is 0. The van der Waals surface area contributed by atoms with Gasteiger partial charge in [-0.15, -0.1) is 0 Å². The third-order valence-electron chi connectivity index (χ3n) is 1.74. The van der Waals surface area contributed by atoms with Gasteiger partial charge in [-0.1, -0.05) is 13.3 Å². The maximum absolute atomic E-state index is 2.25. The van der Waals surface area contributed by atoms with Crippen LogP contribution in [0.5, 0.6) is 0 Å². The van der Waals surface area contributed by atoms with Crippen molar-refractivity contribution in [2.45, 2.75) is 25.9 Å². The van der Waals surface area contributed by atoms with E-state index in [1.165, 1.54) is 12.8 Å². The normalized spacial score (nSPS) is 10.9. The molecule has 0 amide bonds. The second-order valence-electron chi connectivity index (χ2n) is 3.20. The van der Waals surface area contributed by atoms with E-state index in [4.69, 9.17) is 0 Å². The van der Waals surface area contributed by atoms with Gasteiger partial charge in [0, 0.05) is 0 Å². The van der Waals surface area contributed by atoms with E-state index in [0.29, 0.717) is 6.17 Å². The van der Waals surface area contributed by atoms with Crippen molar-refractivity contribution in [2.24, 2.45) is 0 Å². The zero-order valence-electron chi connectivity index (χ0n) is 7.89. The molecular weight excluding hydrogens is 197 g/mol. The van der Waals surface area contributed by atoms with Gasteiger partial charge in [0.25, 0.3) is 0 Å². The molecule has 0 aliphatic heterocycles. The van der Waals surface area contributed by atoms with Crippen LogP contribution in [0.15, 0.2) is 0 Å². The van der Waals surface area contributed by atoms with Crippen LogP contribution >= 0.6 is 0 Å². The molecule has 0 aromatic carbocycles. The average Bonchev–Trinajstić information content (AvgIpc) is 1.81. The van der Waals surface area contributed by atoms with Crippen molar-refractivity contribution in [3.8, 4) is 0 Å². The van der Waals surface area contributed by atoms with Gasteiger partial charge < -0.3 is 0 Å². The summed E-state index contributed by atoms with van der Waals surface area (Å²) in [6, 6.07) is 0. The first kappa shape index (κ1) is 14.0.